The third-order valence-electron chi connectivity index (χ3n) is 2.44. The maximum atomic E-state index is 11.8. The first-order chi connectivity index (χ1) is 9.16. The molecule has 106 valence electrons. The Kier molecular flexibility index (Phi) is 7.33. The smallest absolute Gasteiger partial charge is 0.260 e. The quantitative estimate of drug-likeness (QED) is 0.436. The highest BCUT2D eigenvalue weighted by Gasteiger charge is 2.25. The largest absolute Gasteiger partial charge is 0.346 e. The Balaban J connectivity index is 2.53. The fourth-order valence-electron chi connectivity index (χ4n) is 1.50. The van der Waals surface area contributed by atoms with Gasteiger partial charge in [0.2, 0.25) is 8.03 Å². The van der Waals surface area contributed by atoms with Crippen molar-refractivity contribution < 1.29 is 23.5 Å². The summed E-state index contributed by atoms with van der Waals surface area (Å²) < 4.78 is 23.1. The van der Waals surface area contributed by atoms with E-state index in [-0.39, 0.29) is 6.61 Å². The van der Waals surface area contributed by atoms with Crippen molar-refractivity contribution >= 4 is 13.9 Å². The molecule has 0 heterocycles. The van der Waals surface area contributed by atoms with Gasteiger partial charge in [0.1, 0.15) is 5.66 Å². The lowest BCUT2D eigenvalue weighted by atomic mass is 10.1. The third kappa shape index (κ3) is 5.51. The predicted molar refractivity (Wildman–Crippen MR) is 69.7 cm³/mol. The molecule has 0 bridgehead atoms. The van der Waals surface area contributed by atoms with Crippen LogP contribution in [0.4, 0.5) is 4.39 Å². The van der Waals surface area contributed by atoms with Gasteiger partial charge < -0.3 is 4.89 Å². The second-order valence-electron chi connectivity index (χ2n) is 3.89. The van der Waals surface area contributed by atoms with Crippen LogP contribution in [0.25, 0.3) is 0 Å². The first-order valence-electron chi connectivity index (χ1n) is 5.92. The lowest BCUT2D eigenvalue weighted by Gasteiger charge is -2.14. The molecule has 1 rings (SSSR count). The highest BCUT2D eigenvalue weighted by molar-refractivity contribution is 7.39. The van der Waals surface area contributed by atoms with E-state index in [0.29, 0.717) is 18.4 Å². The van der Waals surface area contributed by atoms with Crippen molar-refractivity contribution in [3.8, 4) is 0 Å². The Hall–Kier alpha value is -1.23. The lowest BCUT2D eigenvalue weighted by molar-refractivity contribution is -0.133. The molecule has 0 saturated carbocycles. The van der Waals surface area contributed by atoms with Gasteiger partial charge in [-0.1, -0.05) is 30.3 Å². The number of hydrogen-bond acceptors (Lipinski definition) is 3. The van der Waals surface area contributed by atoms with E-state index in [1.54, 1.807) is 30.3 Å². The fraction of sp³-hybridized carbons (Fsp3) is 0.417. The maximum absolute atomic E-state index is 11.8. The normalized spacial score (nSPS) is 13.8. The van der Waals surface area contributed by atoms with Gasteiger partial charge in [0.15, 0.2) is 0 Å². The summed E-state index contributed by atoms with van der Waals surface area (Å²) in [5.41, 5.74) is 1.45. The number of carbonyl (C=O) groups is 1. The number of carbonyl (C=O) groups excluding carboxylic acids is 1. The van der Waals surface area contributed by atoms with Gasteiger partial charge >= 0.3 is 0 Å². The zero-order valence-corrected chi connectivity index (χ0v) is 11.3. The van der Waals surface area contributed by atoms with Gasteiger partial charge in [0.25, 0.3) is 5.91 Å². The molecular formula is C12H17FNO4P. The molecule has 0 aromatic heterocycles. The fourth-order valence-corrected chi connectivity index (χ4v) is 2.26. The van der Waals surface area contributed by atoms with Crippen LogP contribution in [0.3, 0.4) is 0 Å². The van der Waals surface area contributed by atoms with Crippen molar-refractivity contribution in [2.45, 2.75) is 18.5 Å². The van der Waals surface area contributed by atoms with Gasteiger partial charge in [-0.15, -0.1) is 0 Å². The highest BCUT2D eigenvalue weighted by Crippen LogP contribution is 2.37. The van der Waals surface area contributed by atoms with Gasteiger partial charge in [0, 0.05) is 0 Å². The van der Waals surface area contributed by atoms with Crippen molar-refractivity contribution in [3.63, 3.8) is 0 Å². The van der Waals surface area contributed by atoms with Crippen molar-refractivity contribution in [1.29, 1.82) is 0 Å². The van der Waals surface area contributed by atoms with Crippen LogP contribution in [0.5, 0.6) is 0 Å². The molecular weight excluding hydrogens is 272 g/mol. The number of hydrogen-bond donors (Lipinski definition) is 2. The molecule has 0 aliphatic rings. The zero-order chi connectivity index (χ0) is 14.1. The van der Waals surface area contributed by atoms with E-state index in [0.717, 1.165) is 0 Å². The Morgan fingerprint density at radius 3 is 2.63 bits per heavy atom. The molecule has 1 aromatic carbocycles. The Morgan fingerprint density at radius 2 is 2.05 bits per heavy atom. The summed E-state index contributed by atoms with van der Waals surface area (Å²) in [7, 11) is -3.07. The van der Waals surface area contributed by atoms with E-state index in [9.17, 15) is 18.6 Å². The standard InChI is InChI=1S/C12H17FNO4P/c13-8-4-5-9-18-14-12(15)11(19(16)17)10-6-2-1-3-7-10/h1-3,6-7,11,19H,4-5,8-9H2,(H,14,15)(H,16,17). The summed E-state index contributed by atoms with van der Waals surface area (Å²) in [5.74, 6) is -0.669. The summed E-state index contributed by atoms with van der Waals surface area (Å²) in [6.45, 7) is -0.266. The van der Waals surface area contributed by atoms with Crippen LogP contribution in [-0.2, 0) is 14.2 Å². The van der Waals surface area contributed by atoms with Crippen LogP contribution >= 0.6 is 8.03 Å². The topological polar surface area (TPSA) is 75.6 Å². The van der Waals surface area contributed by atoms with Crippen LogP contribution in [0, 0.1) is 0 Å². The molecule has 1 amide bonds. The number of unbranched alkanes of at least 4 members (excludes halogenated alkanes) is 1. The SMILES string of the molecule is O=C(NOCCCCF)C(c1ccccc1)[PH](=O)O. The van der Waals surface area contributed by atoms with Crippen molar-refractivity contribution in [1.82, 2.24) is 5.48 Å². The molecule has 7 heteroatoms. The number of rotatable bonds is 8. The minimum absolute atomic E-state index is 0.170. The Bertz CT molecular complexity index is 415. The van der Waals surface area contributed by atoms with Crippen LogP contribution < -0.4 is 5.48 Å². The number of alkyl halides is 1. The minimum atomic E-state index is -3.07. The molecule has 0 aliphatic heterocycles. The molecule has 2 N–H and O–H groups in total. The third-order valence-corrected chi connectivity index (χ3v) is 3.53. The molecule has 0 radical (unpaired) electrons. The molecule has 0 aliphatic carbocycles. The molecule has 0 saturated heterocycles. The van der Waals surface area contributed by atoms with Crippen LogP contribution in [-0.4, -0.2) is 24.1 Å². The van der Waals surface area contributed by atoms with E-state index in [2.05, 4.69) is 5.48 Å². The lowest BCUT2D eigenvalue weighted by Crippen LogP contribution is -2.28. The molecule has 5 nitrogen and oxygen atoms in total. The van der Waals surface area contributed by atoms with Crippen LogP contribution in [0.15, 0.2) is 30.3 Å². The van der Waals surface area contributed by atoms with Gasteiger partial charge in [0.05, 0.1) is 13.3 Å². The molecule has 1 aromatic rings. The molecule has 19 heavy (non-hydrogen) atoms. The number of benzene rings is 1. The molecule has 2 atom stereocenters. The Labute approximate surface area is 111 Å². The maximum Gasteiger partial charge on any atom is 0.260 e. The van der Waals surface area contributed by atoms with Crippen molar-refractivity contribution in [2.24, 2.45) is 0 Å². The van der Waals surface area contributed by atoms with Crippen molar-refractivity contribution in [2.75, 3.05) is 13.3 Å². The second-order valence-corrected chi connectivity index (χ2v) is 5.15. The van der Waals surface area contributed by atoms with E-state index < -0.39 is 26.3 Å². The van der Waals surface area contributed by atoms with E-state index in [1.165, 1.54) is 0 Å². The second kappa shape index (κ2) is 8.80. The highest BCUT2D eigenvalue weighted by atomic mass is 31.1. The summed E-state index contributed by atoms with van der Waals surface area (Å²) in [6.07, 6.45) is 0.829. The summed E-state index contributed by atoms with van der Waals surface area (Å²) in [4.78, 5) is 25.9. The van der Waals surface area contributed by atoms with Crippen molar-refractivity contribution in [3.05, 3.63) is 35.9 Å². The summed E-state index contributed by atoms with van der Waals surface area (Å²) in [6, 6.07) is 8.32. The number of hydroxylamine groups is 1. The average Bonchev–Trinajstić information content (AvgIpc) is 2.39. The van der Waals surface area contributed by atoms with Crippen LogP contribution in [0.1, 0.15) is 24.1 Å². The first-order valence-corrected chi connectivity index (χ1v) is 7.35. The monoisotopic (exact) mass is 289 g/mol. The summed E-state index contributed by atoms with van der Waals surface area (Å²) in [5, 5.41) is 0. The van der Waals surface area contributed by atoms with Crippen LogP contribution in [0.2, 0.25) is 0 Å². The van der Waals surface area contributed by atoms with E-state index in [1.807, 2.05) is 0 Å². The molecule has 2 unspecified atom stereocenters. The average molecular weight is 289 g/mol. The zero-order valence-electron chi connectivity index (χ0n) is 10.3. The van der Waals surface area contributed by atoms with Gasteiger partial charge in [-0.3, -0.25) is 18.6 Å². The first kappa shape index (κ1) is 15.8. The summed E-state index contributed by atoms with van der Waals surface area (Å²) >= 11 is 0. The number of nitrogens with one attached hydrogen (secondary N) is 1. The molecule has 0 spiro atoms. The minimum Gasteiger partial charge on any atom is -0.346 e. The van der Waals surface area contributed by atoms with Gasteiger partial charge in [-0.25, -0.2) is 5.48 Å². The predicted octanol–water partition coefficient (Wildman–Crippen LogP) is 1.99. The number of halogens is 1. The van der Waals surface area contributed by atoms with E-state index in [4.69, 9.17) is 4.84 Å². The van der Waals surface area contributed by atoms with E-state index >= 15 is 0 Å². The molecule has 0 fully saturated rings. The van der Waals surface area contributed by atoms with Gasteiger partial charge in [-0.2, -0.15) is 0 Å². The van der Waals surface area contributed by atoms with Gasteiger partial charge in [-0.05, 0) is 18.4 Å². The number of amides is 1. The Morgan fingerprint density at radius 1 is 1.37 bits per heavy atom.